The molecule has 13 heavy (non-hydrogen) atoms. The lowest BCUT2D eigenvalue weighted by Crippen LogP contribution is -2.07. The van der Waals surface area contributed by atoms with E-state index in [-0.39, 0.29) is 6.61 Å². The molecule has 0 spiro atoms. The van der Waals surface area contributed by atoms with Crippen molar-refractivity contribution in [2.24, 2.45) is 0 Å². The molecule has 0 radical (unpaired) electrons. The molecule has 1 aromatic rings. The zero-order chi connectivity index (χ0) is 9.68. The molecule has 0 bridgehead atoms. The smallest absolute Gasteiger partial charge is 0.0850 e. The van der Waals surface area contributed by atoms with E-state index in [0.29, 0.717) is 12.5 Å². The number of rotatable bonds is 5. The third-order valence-corrected chi connectivity index (χ3v) is 2.24. The van der Waals surface area contributed by atoms with Gasteiger partial charge in [0.1, 0.15) is 0 Å². The van der Waals surface area contributed by atoms with Gasteiger partial charge in [-0.2, -0.15) is 0 Å². The van der Waals surface area contributed by atoms with E-state index in [0.717, 1.165) is 18.5 Å². The normalized spacial score (nSPS) is 11.1. The molecule has 0 fully saturated rings. The number of hydrogen-bond donors (Lipinski definition) is 1. The number of aromatic nitrogens is 3. The molecule has 0 saturated carbocycles. The largest absolute Gasteiger partial charge is 0.396 e. The predicted molar refractivity (Wildman–Crippen MR) is 50.4 cm³/mol. The van der Waals surface area contributed by atoms with E-state index in [1.54, 1.807) is 0 Å². The minimum atomic E-state index is 0.140. The van der Waals surface area contributed by atoms with Crippen molar-refractivity contribution < 1.29 is 5.11 Å². The van der Waals surface area contributed by atoms with Gasteiger partial charge in [0, 0.05) is 19.2 Å². The van der Waals surface area contributed by atoms with Crippen LogP contribution >= 0.6 is 0 Å². The highest BCUT2D eigenvalue weighted by Gasteiger charge is 2.08. The molecular formula is C9H17N3O. The Balaban J connectivity index is 2.66. The van der Waals surface area contributed by atoms with Gasteiger partial charge in [0.25, 0.3) is 0 Å². The first-order valence-electron chi connectivity index (χ1n) is 4.83. The van der Waals surface area contributed by atoms with Crippen molar-refractivity contribution in [2.45, 2.75) is 39.2 Å². The van der Waals surface area contributed by atoms with Gasteiger partial charge in [0.15, 0.2) is 0 Å². The molecule has 0 aliphatic carbocycles. The SMILES string of the molecule is CCC(CC)n1cc(CCO)nn1. The van der Waals surface area contributed by atoms with Crippen molar-refractivity contribution in [2.75, 3.05) is 6.61 Å². The Morgan fingerprint density at radius 1 is 1.46 bits per heavy atom. The van der Waals surface area contributed by atoms with Crippen LogP contribution < -0.4 is 0 Å². The third kappa shape index (κ3) is 2.52. The molecule has 0 atom stereocenters. The van der Waals surface area contributed by atoms with Crippen molar-refractivity contribution in [1.82, 2.24) is 15.0 Å². The monoisotopic (exact) mass is 183 g/mol. The second-order valence-corrected chi connectivity index (χ2v) is 3.13. The predicted octanol–water partition coefficient (Wildman–Crippen LogP) is 1.17. The first-order valence-corrected chi connectivity index (χ1v) is 4.83. The van der Waals surface area contributed by atoms with Gasteiger partial charge in [-0.15, -0.1) is 5.10 Å². The summed E-state index contributed by atoms with van der Waals surface area (Å²) in [4.78, 5) is 0. The number of hydrogen-bond acceptors (Lipinski definition) is 3. The Hall–Kier alpha value is -0.900. The molecule has 0 unspecified atom stereocenters. The van der Waals surface area contributed by atoms with E-state index in [9.17, 15) is 0 Å². The van der Waals surface area contributed by atoms with E-state index in [2.05, 4.69) is 24.2 Å². The van der Waals surface area contributed by atoms with Crippen LogP contribution in [0.4, 0.5) is 0 Å². The van der Waals surface area contributed by atoms with Crippen LogP contribution in [-0.2, 0) is 6.42 Å². The van der Waals surface area contributed by atoms with Crippen molar-refractivity contribution in [3.63, 3.8) is 0 Å². The molecule has 1 rings (SSSR count). The minimum absolute atomic E-state index is 0.140. The summed E-state index contributed by atoms with van der Waals surface area (Å²) in [6, 6.07) is 0.444. The van der Waals surface area contributed by atoms with Crippen LogP contribution in [0.3, 0.4) is 0 Å². The summed E-state index contributed by atoms with van der Waals surface area (Å²) >= 11 is 0. The highest BCUT2D eigenvalue weighted by Crippen LogP contribution is 2.13. The zero-order valence-corrected chi connectivity index (χ0v) is 8.27. The van der Waals surface area contributed by atoms with Crippen molar-refractivity contribution in [3.8, 4) is 0 Å². The average Bonchev–Trinajstić information content (AvgIpc) is 2.56. The standard InChI is InChI=1S/C9H17N3O/c1-3-9(4-2)12-7-8(5-6-13)10-11-12/h7,9,13H,3-6H2,1-2H3. The summed E-state index contributed by atoms with van der Waals surface area (Å²) in [7, 11) is 0. The van der Waals surface area contributed by atoms with Crippen LogP contribution in [0.25, 0.3) is 0 Å². The summed E-state index contributed by atoms with van der Waals surface area (Å²) < 4.78 is 1.89. The molecule has 1 heterocycles. The fourth-order valence-corrected chi connectivity index (χ4v) is 1.38. The summed E-state index contributed by atoms with van der Waals surface area (Å²) in [6.45, 7) is 4.42. The van der Waals surface area contributed by atoms with Gasteiger partial charge in [0.2, 0.25) is 0 Å². The van der Waals surface area contributed by atoms with Crippen LogP contribution in [0.5, 0.6) is 0 Å². The lowest BCUT2D eigenvalue weighted by Gasteiger charge is -2.10. The van der Waals surface area contributed by atoms with Crippen LogP contribution in [0, 0.1) is 0 Å². The van der Waals surface area contributed by atoms with Crippen molar-refractivity contribution >= 4 is 0 Å². The van der Waals surface area contributed by atoms with Gasteiger partial charge in [-0.05, 0) is 12.8 Å². The summed E-state index contributed by atoms with van der Waals surface area (Å²) in [5.74, 6) is 0. The molecule has 0 saturated heterocycles. The van der Waals surface area contributed by atoms with E-state index in [1.807, 2.05) is 10.9 Å². The number of nitrogens with zero attached hydrogens (tertiary/aromatic N) is 3. The molecular weight excluding hydrogens is 166 g/mol. The molecule has 0 amide bonds. The number of aliphatic hydroxyl groups is 1. The Morgan fingerprint density at radius 3 is 2.69 bits per heavy atom. The number of aliphatic hydroxyl groups excluding tert-OH is 1. The Labute approximate surface area is 78.6 Å². The molecule has 1 N–H and O–H groups in total. The highest BCUT2D eigenvalue weighted by atomic mass is 16.3. The lowest BCUT2D eigenvalue weighted by atomic mass is 10.2. The second-order valence-electron chi connectivity index (χ2n) is 3.13. The topological polar surface area (TPSA) is 50.9 Å². The highest BCUT2D eigenvalue weighted by molar-refractivity contribution is 4.93. The van der Waals surface area contributed by atoms with Crippen LogP contribution in [0.15, 0.2) is 6.20 Å². The maximum atomic E-state index is 8.70. The summed E-state index contributed by atoms with van der Waals surface area (Å²) in [6.07, 6.45) is 4.66. The maximum Gasteiger partial charge on any atom is 0.0850 e. The molecule has 4 heteroatoms. The first kappa shape index (κ1) is 10.2. The molecule has 74 valence electrons. The molecule has 0 aliphatic heterocycles. The molecule has 1 aromatic heterocycles. The maximum absolute atomic E-state index is 8.70. The second kappa shape index (κ2) is 4.97. The molecule has 4 nitrogen and oxygen atoms in total. The van der Waals surface area contributed by atoms with Gasteiger partial charge >= 0.3 is 0 Å². The van der Waals surface area contributed by atoms with Gasteiger partial charge in [-0.3, -0.25) is 0 Å². The fraction of sp³-hybridized carbons (Fsp3) is 0.778. The van der Waals surface area contributed by atoms with Gasteiger partial charge in [-0.1, -0.05) is 19.1 Å². The van der Waals surface area contributed by atoms with E-state index in [4.69, 9.17) is 5.11 Å². The lowest BCUT2D eigenvalue weighted by molar-refractivity contribution is 0.298. The van der Waals surface area contributed by atoms with Gasteiger partial charge in [0.05, 0.1) is 11.7 Å². The van der Waals surface area contributed by atoms with Crippen LogP contribution in [-0.4, -0.2) is 26.7 Å². The Bertz CT molecular complexity index is 243. The van der Waals surface area contributed by atoms with E-state index < -0.39 is 0 Å². The zero-order valence-electron chi connectivity index (χ0n) is 8.27. The Morgan fingerprint density at radius 2 is 2.15 bits per heavy atom. The van der Waals surface area contributed by atoms with E-state index >= 15 is 0 Å². The third-order valence-electron chi connectivity index (χ3n) is 2.24. The van der Waals surface area contributed by atoms with E-state index in [1.165, 1.54) is 0 Å². The molecule has 0 aromatic carbocycles. The fourth-order valence-electron chi connectivity index (χ4n) is 1.38. The van der Waals surface area contributed by atoms with Gasteiger partial charge < -0.3 is 5.11 Å². The summed E-state index contributed by atoms with van der Waals surface area (Å²) in [5.41, 5.74) is 0.870. The van der Waals surface area contributed by atoms with Crippen LogP contribution in [0.1, 0.15) is 38.4 Å². The average molecular weight is 183 g/mol. The van der Waals surface area contributed by atoms with Gasteiger partial charge in [-0.25, -0.2) is 4.68 Å². The van der Waals surface area contributed by atoms with Crippen molar-refractivity contribution in [1.29, 1.82) is 0 Å². The van der Waals surface area contributed by atoms with Crippen LogP contribution in [0.2, 0.25) is 0 Å². The summed E-state index contributed by atoms with van der Waals surface area (Å²) in [5, 5.41) is 16.7. The Kier molecular flexibility index (Phi) is 3.89. The quantitative estimate of drug-likeness (QED) is 0.745. The first-order chi connectivity index (χ1) is 6.31. The minimum Gasteiger partial charge on any atom is -0.396 e. The van der Waals surface area contributed by atoms with Crippen molar-refractivity contribution in [3.05, 3.63) is 11.9 Å². The molecule has 0 aliphatic rings.